The molecule has 1 aliphatic heterocycles. The van der Waals surface area contributed by atoms with Gasteiger partial charge in [-0.3, -0.25) is 24.2 Å². The minimum atomic E-state index is -1.13. The number of hydrogen-bond acceptors (Lipinski definition) is 7. The number of thiazole rings is 1. The SMILES string of the molecule is CN(C(=O)[C@@H](CC(=O)O)Cc1ccccc1)c1nc(-c2cc(OCF)ccc2-c2cnc3c(c2)CCC(=O)N3C)c(F)s1. The summed E-state index contributed by atoms with van der Waals surface area (Å²) in [6.07, 6.45) is 2.19. The van der Waals surface area contributed by atoms with E-state index in [1.807, 2.05) is 24.3 Å². The van der Waals surface area contributed by atoms with Gasteiger partial charge in [0, 0.05) is 37.8 Å². The highest BCUT2D eigenvalue weighted by Gasteiger charge is 2.29. The molecule has 0 radical (unpaired) electrons. The summed E-state index contributed by atoms with van der Waals surface area (Å²) >= 11 is 0.640. The van der Waals surface area contributed by atoms with Crippen LogP contribution in [0, 0.1) is 11.0 Å². The van der Waals surface area contributed by atoms with Crippen molar-refractivity contribution in [1.29, 1.82) is 0 Å². The molecule has 4 aromatic rings. The lowest BCUT2D eigenvalue weighted by Crippen LogP contribution is -2.35. The standard InChI is InChI=1S/C31H28F2N4O5S/c1-36-25(38)11-8-19-13-21(16-34-29(19)36)23-10-9-22(42-17-32)15-24(23)27-28(33)43-31(35-27)37(2)30(41)20(14-26(39)40)12-18-6-4-3-5-7-18/h3-7,9-10,13,15-16,20H,8,11-12,14,17H2,1-2H3,(H,39,40)/t20-/m1/s1. The fraction of sp³-hybridized carbons (Fsp3) is 0.258. The summed E-state index contributed by atoms with van der Waals surface area (Å²) in [5, 5.41) is 8.81. The molecule has 2 amide bonds. The molecule has 0 fully saturated rings. The van der Waals surface area contributed by atoms with Gasteiger partial charge >= 0.3 is 5.97 Å². The van der Waals surface area contributed by atoms with Gasteiger partial charge in [0.05, 0.1) is 12.3 Å². The van der Waals surface area contributed by atoms with Crippen LogP contribution in [0.15, 0.2) is 60.8 Å². The molecule has 0 bridgehead atoms. The van der Waals surface area contributed by atoms with E-state index in [4.69, 9.17) is 4.74 Å². The van der Waals surface area contributed by atoms with Crippen molar-refractivity contribution in [2.75, 3.05) is 30.8 Å². The van der Waals surface area contributed by atoms with E-state index in [9.17, 15) is 23.9 Å². The maximum Gasteiger partial charge on any atom is 0.304 e. The number of carbonyl (C=O) groups excluding carboxylic acids is 2. The average molecular weight is 607 g/mol. The molecule has 0 saturated heterocycles. The maximum absolute atomic E-state index is 15.6. The zero-order chi connectivity index (χ0) is 30.7. The Morgan fingerprint density at radius 2 is 1.91 bits per heavy atom. The zero-order valence-electron chi connectivity index (χ0n) is 23.4. The molecule has 0 unspecified atom stereocenters. The number of carboxylic acid groups (broad SMARTS) is 1. The lowest BCUT2D eigenvalue weighted by atomic mass is 9.95. The van der Waals surface area contributed by atoms with Gasteiger partial charge in [-0.1, -0.05) is 41.7 Å². The Bertz CT molecular complexity index is 1680. The number of halogens is 2. The van der Waals surface area contributed by atoms with E-state index in [2.05, 4.69) is 9.97 Å². The lowest BCUT2D eigenvalue weighted by Gasteiger charge is -2.25. The first-order valence-corrected chi connectivity index (χ1v) is 14.3. The second-order valence-electron chi connectivity index (χ2n) is 10.1. The normalized spacial score (nSPS) is 13.4. The van der Waals surface area contributed by atoms with Crippen molar-refractivity contribution in [3.63, 3.8) is 0 Å². The summed E-state index contributed by atoms with van der Waals surface area (Å²) in [6.45, 7) is -1.09. The fourth-order valence-electron chi connectivity index (χ4n) is 5.11. The number of carbonyl (C=O) groups is 3. The summed E-state index contributed by atoms with van der Waals surface area (Å²) < 4.78 is 33.7. The van der Waals surface area contributed by atoms with Crippen molar-refractivity contribution in [3.8, 4) is 28.1 Å². The molecule has 3 heterocycles. The molecule has 1 N–H and O–H groups in total. The first-order valence-electron chi connectivity index (χ1n) is 13.4. The third kappa shape index (κ3) is 6.38. The van der Waals surface area contributed by atoms with E-state index in [0.717, 1.165) is 11.1 Å². The number of benzene rings is 2. The number of alkyl halides is 1. The number of aromatic nitrogens is 2. The highest BCUT2D eigenvalue weighted by molar-refractivity contribution is 7.14. The molecule has 0 aliphatic carbocycles. The van der Waals surface area contributed by atoms with Crippen molar-refractivity contribution < 1.29 is 33.0 Å². The number of aliphatic carboxylic acids is 1. The van der Waals surface area contributed by atoms with Gasteiger partial charge < -0.3 is 9.84 Å². The topological polar surface area (TPSA) is 113 Å². The average Bonchev–Trinajstić information content (AvgIpc) is 3.39. The van der Waals surface area contributed by atoms with Crippen molar-refractivity contribution in [2.24, 2.45) is 5.92 Å². The third-order valence-electron chi connectivity index (χ3n) is 7.31. The molecule has 2 aromatic carbocycles. The van der Waals surface area contributed by atoms with Gasteiger partial charge in [0.15, 0.2) is 5.13 Å². The van der Waals surface area contributed by atoms with E-state index in [1.165, 1.54) is 22.9 Å². The monoisotopic (exact) mass is 606 g/mol. The van der Waals surface area contributed by atoms with Crippen molar-refractivity contribution >= 4 is 40.1 Å². The number of rotatable bonds is 10. The molecule has 1 aliphatic rings. The second kappa shape index (κ2) is 12.7. The fourth-order valence-corrected chi connectivity index (χ4v) is 5.89. The van der Waals surface area contributed by atoms with Crippen LogP contribution in [0.4, 0.5) is 19.7 Å². The molecular formula is C31H28F2N4O5S. The number of pyridine rings is 1. The number of anilines is 2. The molecule has 222 valence electrons. The van der Waals surface area contributed by atoms with E-state index < -0.39 is 36.2 Å². The number of aryl methyl sites for hydroxylation is 1. The Morgan fingerprint density at radius 3 is 2.63 bits per heavy atom. The van der Waals surface area contributed by atoms with Crippen molar-refractivity contribution in [2.45, 2.75) is 25.7 Å². The van der Waals surface area contributed by atoms with Gasteiger partial charge in [-0.15, -0.1) is 0 Å². The van der Waals surface area contributed by atoms with Crippen LogP contribution in [0.2, 0.25) is 0 Å². The predicted octanol–water partition coefficient (Wildman–Crippen LogP) is 5.52. The van der Waals surface area contributed by atoms with E-state index in [1.54, 1.807) is 37.5 Å². The van der Waals surface area contributed by atoms with Crippen LogP contribution in [-0.4, -0.2) is 53.8 Å². The van der Waals surface area contributed by atoms with Crippen LogP contribution < -0.4 is 14.5 Å². The van der Waals surface area contributed by atoms with Gasteiger partial charge in [0.2, 0.25) is 23.8 Å². The van der Waals surface area contributed by atoms with E-state index in [0.29, 0.717) is 46.7 Å². The van der Waals surface area contributed by atoms with Crippen LogP contribution >= 0.6 is 11.3 Å². The smallest absolute Gasteiger partial charge is 0.304 e. The quantitative estimate of drug-likeness (QED) is 0.253. The number of nitrogens with zero attached hydrogens (tertiary/aromatic N) is 4. The molecule has 5 rings (SSSR count). The van der Waals surface area contributed by atoms with Gasteiger partial charge in [0.1, 0.15) is 17.3 Å². The second-order valence-corrected chi connectivity index (χ2v) is 11.0. The number of hydrogen-bond donors (Lipinski definition) is 1. The van der Waals surface area contributed by atoms with Gasteiger partial charge in [-0.25, -0.2) is 14.4 Å². The molecule has 12 heteroatoms. The Labute approximate surface area is 250 Å². The molecule has 1 atom stereocenters. The highest BCUT2D eigenvalue weighted by Crippen LogP contribution is 2.40. The third-order valence-corrected chi connectivity index (χ3v) is 8.23. The molecule has 2 aromatic heterocycles. The lowest BCUT2D eigenvalue weighted by molar-refractivity contribution is -0.140. The Hall–Kier alpha value is -4.71. The molecule has 0 saturated carbocycles. The molecule has 0 spiro atoms. The molecule has 9 nitrogen and oxygen atoms in total. The number of amides is 2. The number of fused-ring (bicyclic) bond motifs is 1. The van der Waals surface area contributed by atoms with Gasteiger partial charge in [-0.05, 0) is 53.8 Å². The summed E-state index contributed by atoms with van der Waals surface area (Å²) in [5.41, 5.74) is 3.03. The van der Waals surface area contributed by atoms with Crippen LogP contribution in [0.1, 0.15) is 24.0 Å². The van der Waals surface area contributed by atoms with Crippen LogP contribution in [-0.2, 0) is 27.2 Å². The Balaban J connectivity index is 1.51. The number of carboxylic acids is 1. The maximum atomic E-state index is 15.6. The highest BCUT2D eigenvalue weighted by atomic mass is 32.1. The zero-order valence-corrected chi connectivity index (χ0v) is 24.2. The first kappa shape index (κ1) is 29.8. The first-order chi connectivity index (χ1) is 20.7. The Morgan fingerprint density at radius 1 is 1.14 bits per heavy atom. The van der Waals surface area contributed by atoms with E-state index in [-0.39, 0.29) is 28.9 Å². The minimum absolute atomic E-state index is 0.0346. The van der Waals surface area contributed by atoms with E-state index >= 15 is 4.39 Å². The largest absolute Gasteiger partial charge is 0.481 e. The summed E-state index contributed by atoms with van der Waals surface area (Å²) in [6, 6.07) is 15.6. The van der Waals surface area contributed by atoms with Crippen LogP contribution in [0.3, 0.4) is 0 Å². The minimum Gasteiger partial charge on any atom is -0.481 e. The summed E-state index contributed by atoms with van der Waals surface area (Å²) in [7, 11) is 3.09. The van der Waals surface area contributed by atoms with Gasteiger partial charge in [0.25, 0.3) is 0 Å². The summed E-state index contributed by atoms with van der Waals surface area (Å²) in [4.78, 5) is 48.7. The van der Waals surface area contributed by atoms with Gasteiger partial charge in [-0.2, -0.15) is 4.39 Å². The number of ether oxygens (including phenoxy) is 1. The van der Waals surface area contributed by atoms with Crippen LogP contribution in [0.5, 0.6) is 5.75 Å². The van der Waals surface area contributed by atoms with Crippen molar-refractivity contribution in [1.82, 2.24) is 9.97 Å². The molecule has 43 heavy (non-hydrogen) atoms. The Kier molecular flexibility index (Phi) is 8.76. The summed E-state index contributed by atoms with van der Waals surface area (Å²) in [5.74, 6) is -1.88. The van der Waals surface area contributed by atoms with Crippen molar-refractivity contribution in [3.05, 3.63) is 77.1 Å². The van der Waals surface area contributed by atoms with Crippen LogP contribution in [0.25, 0.3) is 22.4 Å². The molecular weight excluding hydrogens is 578 g/mol. The predicted molar refractivity (Wildman–Crippen MR) is 158 cm³/mol.